The molecule has 1 amide bonds. The zero-order valence-corrected chi connectivity index (χ0v) is 14.2. The molecule has 1 aromatic rings. The van der Waals surface area contributed by atoms with Crippen LogP contribution < -0.4 is 0 Å². The average Bonchev–Trinajstić information content (AvgIpc) is 2.41. The van der Waals surface area contributed by atoms with Crippen LogP contribution in [0.1, 0.15) is 23.2 Å². The van der Waals surface area contributed by atoms with Gasteiger partial charge in [0.15, 0.2) is 0 Å². The number of likely N-dealkylation sites (tertiary alicyclic amines) is 1. The molecule has 1 aromatic carbocycles. The van der Waals surface area contributed by atoms with Crippen molar-refractivity contribution in [2.24, 2.45) is 5.92 Å². The number of piperidine rings is 1. The summed E-state index contributed by atoms with van der Waals surface area (Å²) in [6.07, 6.45) is 2.13. The van der Waals surface area contributed by atoms with E-state index in [0.717, 1.165) is 36.9 Å². The fourth-order valence-corrected chi connectivity index (χ4v) is 3.25. The smallest absolute Gasteiger partial charge is 0.255 e. The van der Waals surface area contributed by atoms with Gasteiger partial charge in [-0.3, -0.25) is 4.79 Å². The molecule has 0 aromatic heterocycles. The van der Waals surface area contributed by atoms with Crippen molar-refractivity contribution in [2.45, 2.75) is 12.8 Å². The Labute approximate surface area is 134 Å². The van der Waals surface area contributed by atoms with Gasteiger partial charge < -0.3 is 9.80 Å². The van der Waals surface area contributed by atoms with E-state index in [1.54, 1.807) is 6.07 Å². The number of hydrogen-bond acceptors (Lipinski definition) is 2. The first-order valence-electron chi connectivity index (χ1n) is 6.87. The lowest BCUT2D eigenvalue weighted by Gasteiger charge is -2.33. The van der Waals surface area contributed by atoms with E-state index < -0.39 is 0 Å². The number of amides is 1. The topological polar surface area (TPSA) is 23.6 Å². The summed E-state index contributed by atoms with van der Waals surface area (Å²) in [5.41, 5.74) is 0.590. The van der Waals surface area contributed by atoms with Crippen molar-refractivity contribution >= 4 is 33.4 Å². The number of carbonyl (C=O) groups is 1. The van der Waals surface area contributed by atoms with Crippen molar-refractivity contribution in [3.05, 3.63) is 33.3 Å². The van der Waals surface area contributed by atoms with Gasteiger partial charge in [-0.05, 0) is 60.9 Å². The normalized spacial score (nSPS) is 16.8. The van der Waals surface area contributed by atoms with Gasteiger partial charge in [0.05, 0.1) is 10.6 Å². The SMILES string of the molecule is CN(C)CC1CCN(C(=O)c2cccc(Br)c2Cl)CC1. The number of halogens is 2. The molecule has 0 aliphatic carbocycles. The lowest BCUT2D eigenvalue weighted by molar-refractivity contribution is 0.0678. The first-order valence-corrected chi connectivity index (χ1v) is 8.04. The Morgan fingerprint density at radius 2 is 2.05 bits per heavy atom. The van der Waals surface area contributed by atoms with Crippen molar-refractivity contribution in [1.29, 1.82) is 0 Å². The monoisotopic (exact) mass is 358 g/mol. The minimum absolute atomic E-state index is 0.0413. The lowest BCUT2D eigenvalue weighted by atomic mass is 9.96. The van der Waals surface area contributed by atoms with Crippen LogP contribution in [0.4, 0.5) is 0 Å². The van der Waals surface area contributed by atoms with Crippen molar-refractivity contribution in [2.75, 3.05) is 33.7 Å². The van der Waals surface area contributed by atoms with Gasteiger partial charge in [0.25, 0.3) is 5.91 Å². The Hall–Kier alpha value is -0.580. The molecule has 0 saturated carbocycles. The van der Waals surface area contributed by atoms with E-state index in [0.29, 0.717) is 16.5 Å². The average molecular weight is 360 g/mol. The van der Waals surface area contributed by atoms with Gasteiger partial charge in [-0.2, -0.15) is 0 Å². The molecule has 0 spiro atoms. The van der Waals surface area contributed by atoms with Crippen molar-refractivity contribution in [3.8, 4) is 0 Å². The molecule has 0 bridgehead atoms. The molecule has 3 nitrogen and oxygen atoms in total. The molecule has 1 aliphatic heterocycles. The van der Waals surface area contributed by atoms with Crippen molar-refractivity contribution in [3.63, 3.8) is 0 Å². The molecule has 1 saturated heterocycles. The zero-order valence-electron chi connectivity index (χ0n) is 11.9. The number of hydrogen-bond donors (Lipinski definition) is 0. The third kappa shape index (κ3) is 3.74. The molecule has 0 radical (unpaired) electrons. The number of carbonyl (C=O) groups excluding carboxylic acids is 1. The maximum Gasteiger partial charge on any atom is 0.255 e. The van der Waals surface area contributed by atoms with Crippen LogP contribution in [-0.4, -0.2) is 49.4 Å². The molecular weight excluding hydrogens is 340 g/mol. The molecule has 1 aliphatic rings. The van der Waals surface area contributed by atoms with E-state index in [2.05, 4.69) is 34.9 Å². The third-order valence-corrected chi connectivity index (χ3v) is 5.00. The largest absolute Gasteiger partial charge is 0.339 e. The second-order valence-corrected chi connectivity index (χ2v) is 6.83. The van der Waals surface area contributed by atoms with Crippen LogP contribution in [-0.2, 0) is 0 Å². The summed E-state index contributed by atoms with van der Waals surface area (Å²) < 4.78 is 0.771. The predicted molar refractivity (Wildman–Crippen MR) is 86.3 cm³/mol. The summed E-state index contributed by atoms with van der Waals surface area (Å²) >= 11 is 9.57. The summed E-state index contributed by atoms with van der Waals surface area (Å²) in [5, 5.41) is 0.507. The molecule has 1 heterocycles. The van der Waals surface area contributed by atoms with E-state index in [9.17, 15) is 4.79 Å². The second-order valence-electron chi connectivity index (χ2n) is 5.60. The van der Waals surface area contributed by atoms with Crippen LogP contribution in [0, 0.1) is 5.92 Å². The Bertz CT molecular complexity index is 485. The quantitative estimate of drug-likeness (QED) is 0.824. The fourth-order valence-electron chi connectivity index (χ4n) is 2.67. The summed E-state index contributed by atoms with van der Waals surface area (Å²) in [7, 11) is 4.19. The summed E-state index contributed by atoms with van der Waals surface area (Å²) in [6, 6.07) is 5.49. The Balaban J connectivity index is 2.00. The van der Waals surface area contributed by atoms with Crippen LogP contribution in [0.25, 0.3) is 0 Å². The first-order chi connectivity index (χ1) is 9.49. The molecule has 2 rings (SSSR count). The van der Waals surface area contributed by atoms with E-state index in [4.69, 9.17) is 11.6 Å². The molecule has 0 N–H and O–H groups in total. The van der Waals surface area contributed by atoms with Crippen LogP contribution in [0.5, 0.6) is 0 Å². The predicted octanol–water partition coefficient (Wildman–Crippen LogP) is 3.52. The summed E-state index contributed by atoms with van der Waals surface area (Å²) in [4.78, 5) is 16.6. The Morgan fingerprint density at radius 1 is 1.40 bits per heavy atom. The van der Waals surface area contributed by atoms with Crippen LogP contribution in [0.3, 0.4) is 0 Å². The highest BCUT2D eigenvalue weighted by Crippen LogP contribution is 2.28. The zero-order chi connectivity index (χ0) is 14.7. The molecule has 20 heavy (non-hydrogen) atoms. The van der Waals surface area contributed by atoms with E-state index >= 15 is 0 Å². The molecule has 5 heteroatoms. The molecule has 110 valence electrons. The number of benzene rings is 1. The maximum absolute atomic E-state index is 12.5. The van der Waals surface area contributed by atoms with Crippen molar-refractivity contribution < 1.29 is 4.79 Å². The minimum atomic E-state index is 0.0413. The van der Waals surface area contributed by atoms with Crippen molar-refractivity contribution in [1.82, 2.24) is 9.80 Å². The minimum Gasteiger partial charge on any atom is -0.339 e. The van der Waals surface area contributed by atoms with Gasteiger partial charge in [0.1, 0.15) is 0 Å². The Kier molecular flexibility index (Phi) is 5.47. The lowest BCUT2D eigenvalue weighted by Crippen LogP contribution is -2.40. The molecule has 0 atom stereocenters. The summed E-state index contributed by atoms with van der Waals surface area (Å²) in [5.74, 6) is 0.728. The van der Waals surface area contributed by atoms with E-state index in [-0.39, 0.29) is 5.91 Å². The first kappa shape index (κ1) is 15.8. The molecule has 1 fully saturated rings. The van der Waals surface area contributed by atoms with Gasteiger partial charge in [0, 0.05) is 24.1 Å². The highest BCUT2D eigenvalue weighted by Gasteiger charge is 2.25. The third-order valence-electron chi connectivity index (χ3n) is 3.71. The van der Waals surface area contributed by atoms with Crippen LogP contribution in [0.2, 0.25) is 5.02 Å². The molecule has 0 unspecified atom stereocenters. The van der Waals surface area contributed by atoms with Gasteiger partial charge in [-0.25, -0.2) is 0 Å². The fraction of sp³-hybridized carbons (Fsp3) is 0.533. The van der Waals surface area contributed by atoms with Gasteiger partial charge >= 0.3 is 0 Å². The summed E-state index contributed by atoms with van der Waals surface area (Å²) in [6.45, 7) is 2.74. The van der Waals surface area contributed by atoms with Gasteiger partial charge in [0.2, 0.25) is 0 Å². The Morgan fingerprint density at radius 3 is 2.65 bits per heavy atom. The van der Waals surface area contributed by atoms with E-state index in [1.807, 2.05) is 17.0 Å². The van der Waals surface area contributed by atoms with Gasteiger partial charge in [-0.1, -0.05) is 17.7 Å². The highest BCUT2D eigenvalue weighted by molar-refractivity contribution is 9.10. The maximum atomic E-state index is 12.5. The molecular formula is C15H20BrClN2O. The van der Waals surface area contributed by atoms with E-state index in [1.165, 1.54) is 0 Å². The van der Waals surface area contributed by atoms with Gasteiger partial charge in [-0.15, -0.1) is 0 Å². The number of nitrogens with zero attached hydrogens (tertiary/aromatic N) is 2. The number of rotatable bonds is 3. The van der Waals surface area contributed by atoms with Crippen LogP contribution in [0.15, 0.2) is 22.7 Å². The standard InChI is InChI=1S/C15H20BrClN2O/c1-18(2)10-11-6-8-19(9-7-11)15(20)12-4-3-5-13(16)14(12)17/h3-5,11H,6-10H2,1-2H3. The van der Waals surface area contributed by atoms with Crippen LogP contribution >= 0.6 is 27.5 Å². The highest BCUT2D eigenvalue weighted by atomic mass is 79.9. The second kappa shape index (κ2) is 6.92.